The van der Waals surface area contributed by atoms with Crippen molar-refractivity contribution >= 4 is 27.5 Å². The van der Waals surface area contributed by atoms with Crippen LogP contribution >= 0.6 is 15.9 Å². The second-order valence-corrected chi connectivity index (χ2v) is 3.83. The van der Waals surface area contributed by atoms with Gasteiger partial charge in [-0.05, 0) is 6.08 Å². The third-order valence-electron chi connectivity index (χ3n) is 2.10. The smallest absolute Gasteiger partial charge is 0.188 e. The number of nitrogens with zero attached hydrogens (tertiary/aromatic N) is 1. The molecule has 2 aliphatic carbocycles. The molecule has 0 aliphatic heterocycles. The molecule has 0 aromatic heterocycles. The van der Waals surface area contributed by atoms with Crippen molar-refractivity contribution in [3.05, 3.63) is 22.8 Å². The maximum absolute atomic E-state index is 11.5. The first-order chi connectivity index (χ1) is 6.15. The Morgan fingerprint density at radius 2 is 2.15 bits per heavy atom. The Morgan fingerprint density at radius 3 is 2.77 bits per heavy atom. The van der Waals surface area contributed by atoms with E-state index in [2.05, 4.69) is 15.9 Å². The van der Waals surface area contributed by atoms with Crippen LogP contribution in [0.15, 0.2) is 22.8 Å². The number of alkyl halides is 1. The Labute approximate surface area is 82.9 Å². The van der Waals surface area contributed by atoms with Crippen molar-refractivity contribution in [2.75, 3.05) is 0 Å². The van der Waals surface area contributed by atoms with E-state index in [0.717, 1.165) is 0 Å². The van der Waals surface area contributed by atoms with Crippen LogP contribution in [0.5, 0.6) is 0 Å². The SMILES string of the molecule is N#CC(Br)C1=CC(=O)C2=C(C2)C1=O. The fourth-order valence-corrected chi connectivity index (χ4v) is 1.65. The summed E-state index contributed by atoms with van der Waals surface area (Å²) >= 11 is 3.03. The van der Waals surface area contributed by atoms with Crippen LogP contribution in [-0.2, 0) is 9.59 Å². The highest BCUT2D eigenvalue weighted by atomic mass is 79.9. The molecular formula is C9H4BrNO2. The van der Waals surface area contributed by atoms with E-state index in [1.165, 1.54) is 6.08 Å². The van der Waals surface area contributed by atoms with Gasteiger partial charge >= 0.3 is 0 Å². The van der Waals surface area contributed by atoms with E-state index in [1.54, 1.807) is 0 Å². The molecule has 0 N–H and O–H groups in total. The van der Waals surface area contributed by atoms with Gasteiger partial charge in [0, 0.05) is 23.1 Å². The number of rotatable bonds is 1. The third-order valence-corrected chi connectivity index (χ3v) is 2.80. The zero-order valence-corrected chi connectivity index (χ0v) is 8.09. The predicted molar refractivity (Wildman–Crippen MR) is 48.1 cm³/mol. The van der Waals surface area contributed by atoms with Crippen molar-refractivity contribution < 1.29 is 9.59 Å². The van der Waals surface area contributed by atoms with Crippen molar-refractivity contribution in [2.24, 2.45) is 0 Å². The van der Waals surface area contributed by atoms with E-state index >= 15 is 0 Å². The summed E-state index contributed by atoms with van der Waals surface area (Å²) in [6, 6.07) is 1.88. The van der Waals surface area contributed by atoms with E-state index in [-0.39, 0.29) is 17.1 Å². The van der Waals surface area contributed by atoms with Gasteiger partial charge in [-0.25, -0.2) is 0 Å². The first kappa shape index (κ1) is 8.39. The highest BCUT2D eigenvalue weighted by Gasteiger charge is 2.39. The topological polar surface area (TPSA) is 57.9 Å². The van der Waals surface area contributed by atoms with Crippen molar-refractivity contribution in [3.63, 3.8) is 0 Å². The summed E-state index contributed by atoms with van der Waals surface area (Å²) in [7, 11) is 0. The molecule has 0 saturated carbocycles. The standard InChI is InChI=1S/C9H4BrNO2/c10-7(3-11)6-2-8(12)4-1-5(4)9(6)13/h2,7H,1H2. The molecule has 1 unspecified atom stereocenters. The molecule has 13 heavy (non-hydrogen) atoms. The molecule has 0 aromatic carbocycles. The molecule has 2 aliphatic rings. The number of halogens is 1. The van der Waals surface area contributed by atoms with Crippen LogP contribution in [0.25, 0.3) is 0 Å². The van der Waals surface area contributed by atoms with Gasteiger partial charge in [0.25, 0.3) is 0 Å². The largest absolute Gasteiger partial charge is 0.290 e. The summed E-state index contributed by atoms with van der Waals surface area (Å²) in [6.07, 6.45) is 1.76. The van der Waals surface area contributed by atoms with Gasteiger partial charge in [0.1, 0.15) is 4.83 Å². The maximum atomic E-state index is 11.5. The normalized spacial score (nSPS) is 22.0. The van der Waals surface area contributed by atoms with Gasteiger partial charge in [0.2, 0.25) is 0 Å². The first-order valence-electron chi connectivity index (χ1n) is 3.71. The van der Waals surface area contributed by atoms with E-state index in [9.17, 15) is 9.59 Å². The van der Waals surface area contributed by atoms with Crippen LogP contribution in [-0.4, -0.2) is 16.4 Å². The number of Topliss-reactive ketones (excluding diaryl/α,β-unsaturated/α-hetero) is 1. The molecule has 0 bridgehead atoms. The number of hydrogen-bond acceptors (Lipinski definition) is 3. The lowest BCUT2D eigenvalue weighted by Gasteiger charge is -2.05. The minimum Gasteiger partial charge on any atom is -0.290 e. The summed E-state index contributed by atoms with van der Waals surface area (Å²) < 4.78 is 0. The number of carbonyl (C=O) groups excluding carboxylic acids is 2. The molecule has 0 heterocycles. The lowest BCUT2D eigenvalue weighted by atomic mass is 10.0. The number of carbonyl (C=O) groups is 2. The Hall–Kier alpha value is -1.21. The third kappa shape index (κ3) is 1.16. The highest BCUT2D eigenvalue weighted by molar-refractivity contribution is 9.09. The van der Waals surface area contributed by atoms with Gasteiger partial charge in [-0.15, -0.1) is 0 Å². The van der Waals surface area contributed by atoms with E-state index in [1.807, 2.05) is 6.07 Å². The molecule has 64 valence electrons. The van der Waals surface area contributed by atoms with E-state index < -0.39 is 4.83 Å². The predicted octanol–water partition coefficient (Wildman–Crippen LogP) is 1.05. The Balaban J connectivity index is 2.37. The van der Waals surface area contributed by atoms with Gasteiger partial charge in [0.15, 0.2) is 11.6 Å². The Morgan fingerprint density at radius 1 is 1.46 bits per heavy atom. The number of hydrogen-bond donors (Lipinski definition) is 0. The molecule has 4 heteroatoms. The number of nitriles is 1. The quantitative estimate of drug-likeness (QED) is 0.506. The van der Waals surface area contributed by atoms with E-state index in [4.69, 9.17) is 5.26 Å². The van der Waals surface area contributed by atoms with Crippen LogP contribution in [0.3, 0.4) is 0 Å². The van der Waals surface area contributed by atoms with Crippen LogP contribution in [0.4, 0.5) is 0 Å². The Kier molecular flexibility index (Phi) is 1.70. The summed E-state index contributed by atoms with van der Waals surface area (Å²) in [6.45, 7) is 0. The summed E-state index contributed by atoms with van der Waals surface area (Å²) in [5.41, 5.74) is 1.47. The molecular weight excluding hydrogens is 234 g/mol. The Bertz CT molecular complexity index is 425. The highest BCUT2D eigenvalue weighted by Crippen LogP contribution is 2.39. The van der Waals surface area contributed by atoms with E-state index in [0.29, 0.717) is 17.6 Å². The molecule has 1 atom stereocenters. The first-order valence-corrected chi connectivity index (χ1v) is 4.63. The average molecular weight is 238 g/mol. The van der Waals surface area contributed by atoms with Crippen molar-refractivity contribution in [1.82, 2.24) is 0 Å². The van der Waals surface area contributed by atoms with Crippen LogP contribution in [0, 0.1) is 11.3 Å². The average Bonchev–Trinajstić information content (AvgIpc) is 2.90. The number of ketones is 2. The van der Waals surface area contributed by atoms with Gasteiger partial charge in [-0.3, -0.25) is 9.59 Å². The zero-order valence-electron chi connectivity index (χ0n) is 6.50. The molecule has 0 radical (unpaired) electrons. The van der Waals surface area contributed by atoms with Gasteiger partial charge < -0.3 is 0 Å². The zero-order chi connectivity index (χ0) is 9.59. The molecule has 3 nitrogen and oxygen atoms in total. The number of allylic oxidation sites excluding steroid dienone is 4. The minimum atomic E-state index is -0.668. The summed E-state index contributed by atoms with van der Waals surface area (Å²) in [5.74, 6) is -0.276. The fourth-order valence-electron chi connectivity index (χ4n) is 1.31. The second kappa shape index (κ2) is 2.64. The molecule has 2 rings (SSSR count). The lowest BCUT2D eigenvalue weighted by molar-refractivity contribution is -0.114. The molecule has 0 saturated heterocycles. The minimum absolute atomic E-state index is 0.121. The lowest BCUT2D eigenvalue weighted by Crippen LogP contribution is -2.14. The van der Waals surface area contributed by atoms with Crippen molar-refractivity contribution in [3.8, 4) is 6.07 Å². The molecule has 0 spiro atoms. The van der Waals surface area contributed by atoms with Crippen LogP contribution in [0.2, 0.25) is 0 Å². The monoisotopic (exact) mass is 237 g/mol. The van der Waals surface area contributed by atoms with Gasteiger partial charge in [-0.1, -0.05) is 15.9 Å². The second-order valence-electron chi connectivity index (χ2n) is 2.92. The molecule has 0 fully saturated rings. The van der Waals surface area contributed by atoms with Crippen molar-refractivity contribution in [1.29, 1.82) is 5.26 Å². The van der Waals surface area contributed by atoms with Crippen LogP contribution < -0.4 is 0 Å². The summed E-state index contributed by atoms with van der Waals surface area (Å²) in [4.78, 5) is 22.0. The summed E-state index contributed by atoms with van der Waals surface area (Å²) in [5, 5.41) is 8.57. The van der Waals surface area contributed by atoms with Crippen molar-refractivity contribution in [2.45, 2.75) is 11.2 Å². The van der Waals surface area contributed by atoms with Crippen LogP contribution in [0.1, 0.15) is 6.42 Å². The fraction of sp³-hybridized carbons (Fsp3) is 0.222. The van der Waals surface area contributed by atoms with Gasteiger partial charge in [-0.2, -0.15) is 5.26 Å². The van der Waals surface area contributed by atoms with Gasteiger partial charge in [0.05, 0.1) is 6.07 Å². The maximum Gasteiger partial charge on any atom is 0.188 e. The molecule has 0 amide bonds. The molecule has 0 aromatic rings.